The van der Waals surface area contributed by atoms with Gasteiger partial charge in [0.1, 0.15) is 0 Å². The van der Waals surface area contributed by atoms with Crippen LogP contribution in [0.3, 0.4) is 0 Å². The van der Waals surface area contributed by atoms with E-state index >= 15 is 0 Å². The van der Waals surface area contributed by atoms with Gasteiger partial charge >= 0.3 is 0 Å². The van der Waals surface area contributed by atoms with Crippen molar-refractivity contribution in [3.05, 3.63) is 0 Å². The van der Waals surface area contributed by atoms with Gasteiger partial charge in [-0.2, -0.15) is 0 Å². The summed E-state index contributed by atoms with van der Waals surface area (Å²) in [5, 5.41) is 3.87. The minimum Gasteiger partial charge on any atom is -0.307 e. The standard InChI is InChI=1S/C13H24ClN/c1-11-6-8-13(10-14,9-7-11)15-12-4-2-3-5-12/h11-12,15H,2-10H2,1H3. The molecule has 1 N–H and O–H groups in total. The molecule has 2 heteroatoms. The van der Waals surface area contributed by atoms with E-state index in [0.717, 1.165) is 17.8 Å². The number of hydrogen-bond acceptors (Lipinski definition) is 1. The predicted molar refractivity (Wildman–Crippen MR) is 66.5 cm³/mol. The van der Waals surface area contributed by atoms with E-state index in [2.05, 4.69) is 12.2 Å². The fourth-order valence-corrected chi connectivity index (χ4v) is 3.48. The Morgan fingerprint density at radius 1 is 1.13 bits per heavy atom. The molecule has 0 atom stereocenters. The first-order chi connectivity index (χ1) is 7.24. The van der Waals surface area contributed by atoms with Gasteiger partial charge in [-0.1, -0.05) is 19.8 Å². The quantitative estimate of drug-likeness (QED) is 0.728. The monoisotopic (exact) mass is 229 g/mol. The second-order valence-corrected chi connectivity index (χ2v) is 5.99. The van der Waals surface area contributed by atoms with Gasteiger partial charge in [0.15, 0.2) is 0 Å². The van der Waals surface area contributed by atoms with Gasteiger partial charge in [0.05, 0.1) is 0 Å². The van der Waals surface area contributed by atoms with Crippen LogP contribution in [-0.4, -0.2) is 17.5 Å². The van der Waals surface area contributed by atoms with Gasteiger partial charge in [-0.3, -0.25) is 0 Å². The van der Waals surface area contributed by atoms with Crippen LogP contribution in [0.15, 0.2) is 0 Å². The third-order valence-corrected chi connectivity index (χ3v) is 4.86. The molecule has 2 aliphatic rings. The topological polar surface area (TPSA) is 12.0 Å². The Bertz CT molecular complexity index is 191. The van der Waals surface area contributed by atoms with Crippen LogP contribution in [0, 0.1) is 5.92 Å². The summed E-state index contributed by atoms with van der Waals surface area (Å²) in [5.74, 6) is 1.71. The molecule has 0 aromatic heterocycles. The Morgan fingerprint density at radius 2 is 1.73 bits per heavy atom. The number of alkyl halides is 1. The fourth-order valence-electron chi connectivity index (χ4n) is 3.13. The second-order valence-electron chi connectivity index (χ2n) is 5.72. The summed E-state index contributed by atoms with van der Waals surface area (Å²) in [7, 11) is 0. The summed E-state index contributed by atoms with van der Waals surface area (Å²) in [6, 6.07) is 0.761. The molecule has 0 aromatic carbocycles. The number of hydrogen-bond donors (Lipinski definition) is 1. The van der Waals surface area contributed by atoms with Crippen molar-refractivity contribution in [3.8, 4) is 0 Å². The van der Waals surface area contributed by atoms with Crippen molar-refractivity contribution in [2.24, 2.45) is 5.92 Å². The second kappa shape index (κ2) is 5.05. The lowest BCUT2D eigenvalue weighted by Gasteiger charge is -2.41. The van der Waals surface area contributed by atoms with Crippen LogP contribution in [-0.2, 0) is 0 Å². The molecule has 0 heterocycles. The lowest BCUT2D eigenvalue weighted by Crippen LogP contribution is -2.53. The van der Waals surface area contributed by atoms with Crippen LogP contribution in [0.4, 0.5) is 0 Å². The van der Waals surface area contributed by atoms with E-state index in [1.807, 2.05) is 0 Å². The van der Waals surface area contributed by atoms with Gasteiger partial charge in [-0.05, 0) is 44.4 Å². The van der Waals surface area contributed by atoms with Crippen LogP contribution in [0.1, 0.15) is 58.3 Å². The van der Waals surface area contributed by atoms with Crippen LogP contribution in [0.25, 0.3) is 0 Å². The zero-order valence-electron chi connectivity index (χ0n) is 9.90. The first-order valence-corrected chi connectivity index (χ1v) is 7.11. The summed E-state index contributed by atoms with van der Waals surface area (Å²) < 4.78 is 0. The number of halogens is 1. The molecule has 0 unspecified atom stereocenters. The maximum Gasteiger partial charge on any atom is 0.0406 e. The normalized spacial score (nSPS) is 38.4. The lowest BCUT2D eigenvalue weighted by molar-refractivity contribution is 0.198. The fraction of sp³-hybridized carbons (Fsp3) is 1.00. The molecule has 2 fully saturated rings. The van der Waals surface area contributed by atoms with Crippen LogP contribution < -0.4 is 5.32 Å². The molecule has 88 valence electrons. The van der Waals surface area contributed by atoms with E-state index in [-0.39, 0.29) is 5.54 Å². The minimum atomic E-state index is 0.281. The average molecular weight is 230 g/mol. The molecule has 2 saturated carbocycles. The maximum absolute atomic E-state index is 6.20. The van der Waals surface area contributed by atoms with Gasteiger partial charge in [0, 0.05) is 17.5 Å². The molecule has 0 spiro atoms. The van der Waals surface area contributed by atoms with E-state index in [1.165, 1.54) is 51.4 Å². The zero-order chi connectivity index (χ0) is 10.7. The van der Waals surface area contributed by atoms with Crippen molar-refractivity contribution in [1.82, 2.24) is 5.32 Å². The molecule has 15 heavy (non-hydrogen) atoms. The Balaban J connectivity index is 1.89. The third kappa shape index (κ3) is 2.88. The van der Waals surface area contributed by atoms with Crippen LogP contribution in [0.5, 0.6) is 0 Å². The van der Waals surface area contributed by atoms with E-state index in [4.69, 9.17) is 11.6 Å². The van der Waals surface area contributed by atoms with Gasteiger partial charge in [-0.15, -0.1) is 11.6 Å². The molecular weight excluding hydrogens is 206 g/mol. The van der Waals surface area contributed by atoms with Gasteiger partial charge in [-0.25, -0.2) is 0 Å². The van der Waals surface area contributed by atoms with Crippen molar-refractivity contribution >= 4 is 11.6 Å². The maximum atomic E-state index is 6.20. The summed E-state index contributed by atoms with van der Waals surface area (Å²) >= 11 is 6.20. The molecule has 0 radical (unpaired) electrons. The van der Waals surface area contributed by atoms with E-state index in [9.17, 15) is 0 Å². The number of nitrogens with one attached hydrogen (secondary N) is 1. The Labute approximate surface area is 99.0 Å². The molecule has 1 nitrogen and oxygen atoms in total. The molecule has 2 rings (SSSR count). The highest BCUT2D eigenvalue weighted by molar-refractivity contribution is 6.18. The van der Waals surface area contributed by atoms with E-state index < -0.39 is 0 Å². The molecule has 0 aromatic rings. The number of rotatable bonds is 3. The molecular formula is C13H24ClN. The Morgan fingerprint density at radius 3 is 2.27 bits per heavy atom. The van der Waals surface area contributed by atoms with Gasteiger partial charge in [0.25, 0.3) is 0 Å². The molecule has 0 saturated heterocycles. The van der Waals surface area contributed by atoms with Crippen molar-refractivity contribution < 1.29 is 0 Å². The molecule has 0 bridgehead atoms. The average Bonchev–Trinajstić information content (AvgIpc) is 2.75. The van der Waals surface area contributed by atoms with Crippen molar-refractivity contribution in [1.29, 1.82) is 0 Å². The van der Waals surface area contributed by atoms with E-state index in [1.54, 1.807) is 0 Å². The van der Waals surface area contributed by atoms with Crippen molar-refractivity contribution in [2.45, 2.75) is 69.9 Å². The van der Waals surface area contributed by atoms with Crippen molar-refractivity contribution in [2.75, 3.05) is 5.88 Å². The van der Waals surface area contributed by atoms with E-state index in [0.29, 0.717) is 0 Å². The summed E-state index contributed by atoms with van der Waals surface area (Å²) in [6.07, 6.45) is 10.8. The van der Waals surface area contributed by atoms with Crippen LogP contribution in [0.2, 0.25) is 0 Å². The highest BCUT2D eigenvalue weighted by atomic mass is 35.5. The van der Waals surface area contributed by atoms with Crippen molar-refractivity contribution in [3.63, 3.8) is 0 Å². The summed E-state index contributed by atoms with van der Waals surface area (Å²) in [5.41, 5.74) is 0.281. The molecule has 0 amide bonds. The molecule has 2 aliphatic carbocycles. The molecule has 0 aliphatic heterocycles. The minimum absolute atomic E-state index is 0.281. The first-order valence-electron chi connectivity index (χ1n) is 6.58. The smallest absolute Gasteiger partial charge is 0.0406 e. The summed E-state index contributed by atoms with van der Waals surface area (Å²) in [4.78, 5) is 0. The Kier molecular flexibility index (Phi) is 3.95. The highest BCUT2D eigenvalue weighted by Crippen LogP contribution is 2.34. The lowest BCUT2D eigenvalue weighted by atomic mass is 9.78. The SMILES string of the molecule is CC1CCC(CCl)(NC2CCCC2)CC1. The van der Waals surface area contributed by atoms with Gasteiger partial charge in [0.2, 0.25) is 0 Å². The first kappa shape index (κ1) is 11.7. The highest BCUT2D eigenvalue weighted by Gasteiger charge is 2.35. The van der Waals surface area contributed by atoms with Gasteiger partial charge < -0.3 is 5.32 Å². The Hall–Kier alpha value is 0.250. The largest absolute Gasteiger partial charge is 0.307 e. The predicted octanol–water partition coefficient (Wildman–Crippen LogP) is 3.71. The summed E-state index contributed by atoms with van der Waals surface area (Å²) in [6.45, 7) is 2.37. The zero-order valence-corrected chi connectivity index (χ0v) is 10.7. The van der Waals surface area contributed by atoms with Crippen LogP contribution >= 0.6 is 11.6 Å². The third-order valence-electron chi connectivity index (χ3n) is 4.35.